The van der Waals surface area contributed by atoms with Gasteiger partial charge in [-0.05, 0) is 19.9 Å². The van der Waals surface area contributed by atoms with Crippen LogP contribution in [0.2, 0.25) is 0 Å². The molecule has 3 heteroatoms. The zero-order valence-corrected chi connectivity index (χ0v) is 9.62. The Morgan fingerprint density at radius 2 is 2.25 bits per heavy atom. The van der Waals surface area contributed by atoms with Crippen molar-refractivity contribution >= 4 is 11.6 Å². The lowest BCUT2D eigenvalue weighted by Gasteiger charge is -2.40. The van der Waals surface area contributed by atoms with Gasteiger partial charge in [-0.2, -0.15) is 0 Å². The first kappa shape index (κ1) is 9.85. The Kier molecular flexibility index (Phi) is 1.89. The highest BCUT2D eigenvalue weighted by Gasteiger charge is 2.46. The van der Waals surface area contributed by atoms with Crippen LogP contribution in [0.3, 0.4) is 0 Å². The molecular formula is C13H15NO2. The maximum absolute atomic E-state index is 11.9. The standard InChI is InChI=1S/C13H15NO2/c1-9-3-4-11-10(7-9)8-16-13(2)6-5-12(15)14(11)13/h3-4,7H,5-6,8H2,1-2H3. The van der Waals surface area contributed by atoms with Gasteiger partial charge in [0.2, 0.25) is 5.91 Å². The summed E-state index contributed by atoms with van der Waals surface area (Å²) in [5.74, 6) is 0.173. The third kappa shape index (κ3) is 1.21. The molecule has 0 aliphatic carbocycles. The second kappa shape index (κ2) is 3.08. The fraction of sp³-hybridized carbons (Fsp3) is 0.462. The van der Waals surface area contributed by atoms with Crippen LogP contribution < -0.4 is 4.90 Å². The van der Waals surface area contributed by atoms with E-state index in [9.17, 15) is 4.79 Å². The van der Waals surface area contributed by atoms with Crippen molar-refractivity contribution in [1.29, 1.82) is 0 Å². The topological polar surface area (TPSA) is 29.5 Å². The van der Waals surface area contributed by atoms with Crippen molar-refractivity contribution in [2.75, 3.05) is 4.90 Å². The molecule has 1 saturated heterocycles. The quantitative estimate of drug-likeness (QED) is 0.667. The lowest BCUT2D eigenvalue weighted by atomic mass is 10.0. The van der Waals surface area contributed by atoms with Crippen LogP contribution in [-0.4, -0.2) is 11.6 Å². The SMILES string of the molecule is Cc1ccc2c(c1)COC1(C)CCC(=O)N21. The smallest absolute Gasteiger partial charge is 0.229 e. The summed E-state index contributed by atoms with van der Waals surface area (Å²) < 4.78 is 5.85. The monoisotopic (exact) mass is 217 g/mol. The highest BCUT2D eigenvalue weighted by atomic mass is 16.5. The summed E-state index contributed by atoms with van der Waals surface area (Å²) in [4.78, 5) is 13.7. The van der Waals surface area contributed by atoms with E-state index in [1.165, 1.54) is 5.56 Å². The summed E-state index contributed by atoms with van der Waals surface area (Å²) in [6.07, 6.45) is 1.38. The van der Waals surface area contributed by atoms with Crippen LogP contribution >= 0.6 is 0 Å². The van der Waals surface area contributed by atoms with Crippen molar-refractivity contribution in [2.45, 2.75) is 39.0 Å². The maximum Gasteiger partial charge on any atom is 0.229 e. The minimum Gasteiger partial charge on any atom is -0.351 e. The number of hydrogen-bond acceptors (Lipinski definition) is 2. The van der Waals surface area contributed by atoms with Crippen LogP contribution in [0.1, 0.15) is 30.9 Å². The van der Waals surface area contributed by atoms with E-state index in [1.807, 2.05) is 17.9 Å². The summed E-state index contributed by atoms with van der Waals surface area (Å²) in [6, 6.07) is 6.19. The highest BCUT2D eigenvalue weighted by Crippen LogP contribution is 2.42. The molecule has 3 nitrogen and oxygen atoms in total. The van der Waals surface area contributed by atoms with Gasteiger partial charge in [-0.1, -0.05) is 17.7 Å². The Morgan fingerprint density at radius 3 is 3.06 bits per heavy atom. The van der Waals surface area contributed by atoms with Gasteiger partial charge in [0.05, 0.1) is 12.3 Å². The van der Waals surface area contributed by atoms with Gasteiger partial charge in [-0.3, -0.25) is 9.69 Å². The fourth-order valence-corrected chi connectivity index (χ4v) is 2.63. The summed E-state index contributed by atoms with van der Waals surface area (Å²) >= 11 is 0. The predicted molar refractivity (Wildman–Crippen MR) is 61.1 cm³/mol. The molecule has 0 aromatic heterocycles. The Bertz CT molecular complexity index is 469. The van der Waals surface area contributed by atoms with Gasteiger partial charge < -0.3 is 4.74 Å². The molecule has 1 unspecified atom stereocenters. The Morgan fingerprint density at radius 1 is 1.44 bits per heavy atom. The van der Waals surface area contributed by atoms with Gasteiger partial charge in [-0.25, -0.2) is 0 Å². The summed E-state index contributed by atoms with van der Waals surface area (Å²) in [7, 11) is 0. The Labute approximate surface area is 95.0 Å². The molecule has 0 saturated carbocycles. The van der Waals surface area contributed by atoms with E-state index in [0.717, 1.165) is 17.7 Å². The average Bonchev–Trinajstić information content (AvgIpc) is 2.56. The van der Waals surface area contributed by atoms with E-state index in [2.05, 4.69) is 19.1 Å². The molecule has 0 N–H and O–H groups in total. The van der Waals surface area contributed by atoms with E-state index in [-0.39, 0.29) is 5.91 Å². The van der Waals surface area contributed by atoms with Crippen molar-refractivity contribution in [2.24, 2.45) is 0 Å². The van der Waals surface area contributed by atoms with Crippen LogP contribution in [0.25, 0.3) is 0 Å². The second-order valence-electron chi connectivity index (χ2n) is 4.83. The summed E-state index contributed by atoms with van der Waals surface area (Å²) in [6.45, 7) is 4.66. The number of hydrogen-bond donors (Lipinski definition) is 0. The minimum absolute atomic E-state index is 0.173. The molecule has 3 rings (SSSR count). The summed E-state index contributed by atoms with van der Waals surface area (Å²) in [5, 5.41) is 0. The molecule has 1 aromatic rings. The van der Waals surface area contributed by atoms with E-state index < -0.39 is 5.72 Å². The third-order valence-electron chi connectivity index (χ3n) is 3.54. The van der Waals surface area contributed by atoms with Crippen LogP contribution in [0.5, 0.6) is 0 Å². The molecule has 1 atom stereocenters. The van der Waals surface area contributed by atoms with Crippen LogP contribution in [0.15, 0.2) is 18.2 Å². The van der Waals surface area contributed by atoms with Crippen molar-refractivity contribution < 1.29 is 9.53 Å². The predicted octanol–water partition coefficient (Wildman–Crippen LogP) is 2.37. The highest BCUT2D eigenvalue weighted by molar-refractivity contribution is 5.98. The largest absolute Gasteiger partial charge is 0.351 e. The first-order valence-electron chi connectivity index (χ1n) is 5.67. The van der Waals surface area contributed by atoms with Crippen molar-refractivity contribution in [3.05, 3.63) is 29.3 Å². The molecule has 2 heterocycles. The van der Waals surface area contributed by atoms with E-state index in [0.29, 0.717) is 13.0 Å². The number of aryl methyl sites for hydroxylation is 1. The number of rotatable bonds is 0. The number of ether oxygens (including phenoxy) is 1. The zero-order valence-electron chi connectivity index (χ0n) is 9.62. The molecule has 0 radical (unpaired) electrons. The number of amides is 1. The number of fused-ring (bicyclic) bond motifs is 3. The number of nitrogens with zero attached hydrogens (tertiary/aromatic N) is 1. The molecule has 1 aromatic carbocycles. The van der Waals surface area contributed by atoms with E-state index in [1.54, 1.807) is 0 Å². The number of anilines is 1. The van der Waals surface area contributed by atoms with Crippen molar-refractivity contribution in [3.63, 3.8) is 0 Å². The number of benzene rings is 1. The molecule has 0 spiro atoms. The first-order valence-corrected chi connectivity index (χ1v) is 5.67. The molecule has 1 amide bonds. The van der Waals surface area contributed by atoms with Gasteiger partial charge >= 0.3 is 0 Å². The third-order valence-corrected chi connectivity index (χ3v) is 3.54. The van der Waals surface area contributed by atoms with Gasteiger partial charge in [0, 0.05) is 18.4 Å². The van der Waals surface area contributed by atoms with Crippen LogP contribution in [0.4, 0.5) is 5.69 Å². The summed E-state index contributed by atoms with van der Waals surface area (Å²) in [5.41, 5.74) is 2.94. The normalized spacial score (nSPS) is 27.9. The van der Waals surface area contributed by atoms with E-state index >= 15 is 0 Å². The van der Waals surface area contributed by atoms with E-state index in [4.69, 9.17) is 4.74 Å². The molecule has 84 valence electrons. The molecule has 2 aliphatic rings. The Balaban J connectivity index is 2.15. The number of carbonyl (C=O) groups is 1. The molecule has 16 heavy (non-hydrogen) atoms. The molecular weight excluding hydrogens is 202 g/mol. The second-order valence-corrected chi connectivity index (χ2v) is 4.83. The zero-order chi connectivity index (χ0) is 11.3. The lowest BCUT2D eigenvalue weighted by Crippen LogP contribution is -2.48. The van der Waals surface area contributed by atoms with Crippen LogP contribution in [-0.2, 0) is 16.1 Å². The van der Waals surface area contributed by atoms with Crippen molar-refractivity contribution in [1.82, 2.24) is 0 Å². The van der Waals surface area contributed by atoms with Gasteiger partial charge in [0.1, 0.15) is 5.72 Å². The lowest BCUT2D eigenvalue weighted by molar-refractivity contribution is -0.120. The number of carbonyl (C=O) groups excluding carboxylic acids is 1. The minimum atomic E-state index is -0.417. The fourth-order valence-electron chi connectivity index (χ4n) is 2.63. The molecule has 0 bridgehead atoms. The van der Waals surface area contributed by atoms with Gasteiger partial charge in [0.15, 0.2) is 0 Å². The molecule has 2 aliphatic heterocycles. The van der Waals surface area contributed by atoms with Crippen molar-refractivity contribution in [3.8, 4) is 0 Å². The van der Waals surface area contributed by atoms with Gasteiger partial charge in [-0.15, -0.1) is 0 Å². The first-order chi connectivity index (χ1) is 7.60. The Hall–Kier alpha value is -1.35. The van der Waals surface area contributed by atoms with Crippen LogP contribution in [0, 0.1) is 6.92 Å². The maximum atomic E-state index is 11.9. The van der Waals surface area contributed by atoms with Gasteiger partial charge in [0.25, 0.3) is 0 Å². The average molecular weight is 217 g/mol. The molecule has 1 fully saturated rings.